The van der Waals surface area contributed by atoms with E-state index in [1.165, 1.54) is 0 Å². The minimum absolute atomic E-state index is 0.0498. The second-order valence-corrected chi connectivity index (χ2v) is 5.51. The lowest BCUT2D eigenvalue weighted by Gasteiger charge is -2.27. The smallest absolute Gasteiger partial charge is 0.120 e. The third-order valence-electron chi connectivity index (χ3n) is 3.88. The van der Waals surface area contributed by atoms with Crippen molar-refractivity contribution < 1.29 is 14.9 Å². The molecule has 2 rings (SSSR count). The van der Waals surface area contributed by atoms with E-state index in [1.807, 2.05) is 19.1 Å². The van der Waals surface area contributed by atoms with Gasteiger partial charge in [0.15, 0.2) is 0 Å². The van der Waals surface area contributed by atoms with Crippen molar-refractivity contribution in [2.24, 2.45) is 5.41 Å². The van der Waals surface area contributed by atoms with E-state index in [1.54, 1.807) is 6.07 Å². The fourth-order valence-corrected chi connectivity index (χ4v) is 2.63. The van der Waals surface area contributed by atoms with Gasteiger partial charge in [-0.25, -0.2) is 0 Å². The number of aryl methyl sites for hydroxylation is 1. The minimum atomic E-state index is 0.0498. The van der Waals surface area contributed by atoms with Gasteiger partial charge in [0.05, 0.1) is 6.61 Å². The minimum Gasteiger partial charge on any atom is -0.508 e. The van der Waals surface area contributed by atoms with Gasteiger partial charge in [0.1, 0.15) is 5.75 Å². The number of aromatic hydroxyl groups is 1. The van der Waals surface area contributed by atoms with Crippen LogP contribution in [0.2, 0.25) is 0 Å². The van der Waals surface area contributed by atoms with Crippen molar-refractivity contribution in [1.29, 1.82) is 0 Å². The second kappa shape index (κ2) is 6.37. The number of rotatable bonds is 6. The molecule has 0 amide bonds. The zero-order valence-corrected chi connectivity index (χ0v) is 11.5. The topological polar surface area (TPSA) is 61.7 Å². The molecule has 1 aromatic rings. The van der Waals surface area contributed by atoms with Crippen molar-refractivity contribution >= 4 is 0 Å². The summed E-state index contributed by atoms with van der Waals surface area (Å²) in [5, 5.41) is 22.3. The molecular formula is C15H23NO3. The van der Waals surface area contributed by atoms with Gasteiger partial charge in [0.25, 0.3) is 0 Å². The first-order valence-corrected chi connectivity index (χ1v) is 6.83. The maximum absolute atomic E-state index is 9.79. The average Bonchev–Trinajstić information content (AvgIpc) is 2.83. The first-order valence-electron chi connectivity index (χ1n) is 6.83. The lowest BCUT2D eigenvalue weighted by molar-refractivity contribution is 0.124. The molecule has 1 fully saturated rings. The molecule has 1 aromatic carbocycles. The highest BCUT2D eigenvalue weighted by atomic mass is 16.5. The molecule has 3 N–H and O–H groups in total. The van der Waals surface area contributed by atoms with Crippen molar-refractivity contribution in [3.63, 3.8) is 0 Å². The summed E-state index contributed by atoms with van der Waals surface area (Å²) in [5.41, 5.74) is 2.11. The number of benzene rings is 1. The Kier molecular flexibility index (Phi) is 4.80. The fraction of sp³-hybridized carbons (Fsp3) is 0.600. The summed E-state index contributed by atoms with van der Waals surface area (Å²) in [7, 11) is 0. The van der Waals surface area contributed by atoms with Gasteiger partial charge >= 0.3 is 0 Å². The van der Waals surface area contributed by atoms with Crippen LogP contribution in [0.25, 0.3) is 0 Å². The van der Waals surface area contributed by atoms with Gasteiger partial charge in [-0.2, -0.15) is 0 Å². The number of hydrogen-bond donors (Lipinski definition) is 3. The van der Waals surface area contributed by atoms with E-state index in [2.05, 4.69) is 5.32 Å². The second-order valence-electron chi connectivity index (χ2n) is 5.51. The summed E-state index contributed by atoms with van der Waals surface area (Å²) in [6.45, 7) is 5.14. The molecule has 0 bridgehead atoms. The standard InChI is InChI=1S/C15H23NO3/c1-12-2-3-14(18)13(8-12)9-16-10-15(4-6-17)5-7-19-11-15/h2-3,8,16-18H,4-7,9-11H2,1H3. The van der Waals surface area contributed by atoms with Crippen LogP contribution in [0.1, 0.15) is 24.0 Å². The van der Waals surface area contributed by atoms with Gasteiger partial charge in [0, 0.05) is 37.3 Å². The molecule has 1 heterocycles. The average molecular weight is 265 g/mol. The number of phenols is 1. The van der Waals surface area contributed by atoms with E-state index >= 15 is 0 Å². The highest BCUT2D eigenvalue weighted by Crippen LogP contribution is 2.31. The number of ether oxygens (including phenoxy) is 1. The molecule has 0 spiro atoms. The predicted octanol–water partition coefficient (Wildman–Crippen LogP) is 1.58. The van der Waals surface area contributed by atoms with Crippen LogP contribution in [0.5, 0.6) is 5.75 Å². The Labute approximate surface area is 114 Å². The quantitative estimate of drug-likeness (QED) is 0.731. The van der Waals surface area contributed by atoms with Gasteiger partial charge in [-0.05, 0) is 25.8 Å². The van der Waals surface area contributed by atoms with Gasteiger partial charge in [0.2, 0.25) is 0 Å². The van der Waals surface area contributed by atoms with E-state index in [4.69, 9.17) is 9.84 Å². The van der Waals surface area contributed by atoms with Crippen LogP contribution < -0.4 is 5.32 Å². The first-order chi connectivity index (χ1) is 9.15. The Hall–Kier alpha value is -1.10. The third kappa shape index (κ3) is 3.69. The Bertz CT molecular complexity index is 414. The van der Waals surface area contributed by atoms with Gasteiger partial charge < -0.3 is 20.3 Å². The van der Waals surface area contributed by atoms with Crippen LogP contribution in [0.15, 0.2) is 18.2 Å². The molecule has 19 heavy (non-hydrogen) atoms. The molecule has 1 unspecified atom stereocenters. The summed E-state index contributed by atoms with van der Waals surface area (Å²) in [6, 6.07) is 5.62. The summed E-state index contributed by atoms with van der Waals surface area (Å²) >= 11 is 0. The zero-order chi connectivity index (χ0) is 13.7. The summed E-state index contributed by atoms with van der Waals surface area (Å²) < 4.78 is 5.46. The molecule has 106 valence electrons. The van der Waals surface area contributed by atoms with Gasteiger partial charge in [-0.15, -0.1) is 0 Å². The maximum atomic E-state index is 9.79. The van der Waals surface area contributed by atoms with Crippen LogP contribution >= 0.6 is 0 Å². The molecule has 4 heteroatoms. The Balaban J connectivity index is 1.90. The normalized spacial score (nSPS) is 22.8. The Morgan fingerprint density at radius 3 is 2.95 bits per heavy atom. The molecule has 1 saturated heterocycles. The molecule has 1 atom stereocenters. The molecule has 0 aromatic heterocycles. The predicted molar refractivity (Wildman–Crippen MR) is 74.1 cm³/mol. The summed E-state index contributed by atoms with van der Waals surface area (Å²) in [5.74, 6) is 0.331. The van der Waals surface area contributed by atoms with Crippen LogP contribution in [-0.4, -0.2) is 36.6 Å². The van der Waals surface area contributed by atoms with E-state index in [-0.39, 0.29) is 12.0 Å². The molecular weight excluding hydrogens is 242 g/mol. The lowest BCUT2D eigenvalue weighted by atomic mass is 9.84. The number of aliphatic hydroxyl groups is 1. The highest BCUT2D eigenvalue weighted by molar-refractivity contribution is 5.35. The molecule has 0 aliphatic carbocycles. The summed E-state index contributed by atoms with van der Waals surface area (Å²) in [6.07, 6.45) is 1.75. The first kappa shape index (κ1) is 14.3. The zero-order valence-electron chi connectivity index (χ0n) is 11.5. The van der Waals surface area contributed by atoms with Crippen molar-refractivity contribution in [3.8, 4) is 5.75 Å². The lowest BCUT2D eigenvalue weighted by Crippen LogP contribution is -2.35. The number of nitrogens with one attached hydrogen (secondary N) is 1. The molecule has 1 aliphatic heterocycles. The monoisotopic (exact) mass is 265 g/mol. The Morgan fingerprint density at radius 2 is 2.26 bits per heavy atom. The van der Waals surface area contributed by atoms with Crippen molar-refractivity contribution in [3.05, 3.63) is 29.3 Å². The van der Waals surface area contributed by atoms with Crippen LogP contribution in [0, 0.1) is 12.3 Å². The SMILES string of the molecule is Cc1ccc(O)c(CNCC2(CCO)CCOC2)c1. The van der Waals surface area contributed by atoms with Crippen LogP contribution in [-0.2, 0) is 11.3 Å². The third-order valence-corrected chi connectivity index (χ3v) is 3.88. The van der Waals surface area contributed by atoms with E-state index in [0.29, 0.717) is 18.9 Å². The van der Waals surface area contributed by atoms with Crippen molar-refractivity contribution in [2.75, 3.05) is 26.4 Å². The number of aliphatic hydroxyl groups excluding tert-OH is 1. The van der Waals surface area contributed by atoms with Gasteiger partial charge in [-0.1, -0.05) is 17.7 Å². The van der Waals surface area contributed by atoms with Crippen LogP contribution in [0.3, 0.4) is 0 Å². The Morgan fingerprint density at radius 1 is 1.42 bits per heavy atom. The van der Waals surface area contributed by atoms with E-state index in [9.17, 15) is 5.11 Å². The molecule has 4 nitrogen and oxygen atoms in total. The molecule has 1 aliphatic rings. The highest BCUT2D eigenvalue weighted by Gasteiger charge is 2.33. The fourth-order valence-electron chi connectivity index (χ4n) is 2.63. The van der Waals surface area contributed by atoms with Crippen molar-refractivity contribution in [1.82, 2.24) is 5.32 Å². The number of hydrogen-bond acceptors (Lipinski definition) is 4. The van der Waals surface area contributed by atoms with Crippen LogP contribution in [0.4, 0.5) is 0 Å². The number of phenolic OH excluding ortho intramolecular Hbond substituents is 1. The maximum Gasteiger partial charge on any atom is 0.120 e. The molecule has 0 saturated carbocycles. The summed E-state index contributed by atoms with van der Waals surface area (Å²) in [4.78, 5) is 0. The molecule has 0 radical (unpaired) electrons. The van der Waals surface area contributed by atoms with Gasteiger partial charge in [-0.3, -0.25) is 0 Å². The van der Waals surface area contributed by atoms with E-state index < -0.39 is 0 Å². The van der Waals surface area contributed by atoms with Crippen molar-refractivity contribution in [2.45, 2.75) is 26.3 Å². The van der Waals surface area contributed by atoms with E-state index in [0.717, 1.165) is 37.1 Å². The largest absolute Gasteiger partial charge is 0.508 e.